The number of nitrogens with zero attached hydrogens (tertiary/aromatic N) is 1. The van der Waals surface area contributed by atoms with Crippen molar-refractivity contribution in [3.8, 4) is 23.8 Å². The van der Waals surface area contributed by atoms with E-state index in [-0.39, 0.29) is 23.1 Å². The summed E-state index contributed by atoms with van der Waals surface area (Å²) in [5.41, 5.74) is 2.09. The molecule has 4 amide bonds. The molecule has 0 unspecified atom stereocenters. The van der Waals surface area contributed by atoms with Crippen LogP contribution in [-0.2, 0) is 16.0 Å². The largest absolute Gasteiger partial charge is 0.490 e. The van der Waals surface area contributed by atoms with Gasteiger partial charge in [-0.1, -0.05) is 42.6 Å². The molecule has 34 heavy (non-hydrogen) atoms. The second-order valence-electron chi connectivity index (χ2n) is 7.19. The summed E-state index contributed by atoms with van der Waals surface area (Å²) in [6, 6.07) is 9.82. The van der Waals surface area contributed by atoms with E-state index in [0.29, 0.717) is 23.6 Å². The van der Waals surface area contributed by atoms with Crippen LogP contribution in [0.15, 0.2) is 42.1 Å². The maximum atomic E-state index is 12.8. The van der Waals surface area contributed by atoms with E-state index in [2.05, 4.69) is 16.6 Å². The quantitative estimate of drug-likeness (QED) is 0.322. The van der Waals surface area contributed by atoms with E-state index in [4.69, 9.17) is 27.5 Å². The lowest BCUT2D eigenvalue weighted by Gasteiger charge is -2.14. The van der Waals surface area contributed by atoms with Crippen molar-refractivity contribution in [2.45, 2.75) is 20.3 Å². The average molecular weight is 482 g/mol. The highest BCUT2D eigenvalue weighted by atomic mass is 35.5. The summed E-state index contributed by atoms with van der Waals surface area (Å²) in [5.74, 6) is 1.88. The fourth-order valence-electron chi connectivity index (χ4n) is 3.35. The normalized spacial score (nSPS) is 14.1. The zero-order chi connectivity index (χ0) is 24.7. The zero-order valence-electron chi connectivity index (χ0n) is 18.8. The van der Waals surface area contributed by atoms with E-state index in [1.165, 1.54) is 6.08 Å². The molecule has 1 heterocycles. The molecule has 2 aromatic rings. The minimum Gasteiger partial charge on any atom is -0.490 e. The lowest BCUT2D eigenvalue weighted by Crippen LogP contribution is -2.38. The molecule has 1 aliphatic rings. The minimum absolute atomic E-state index is 0.00238. The predicted octanol–water partition coefficient (Wildman–Crippen LogP) is 3.84. The lowest BCUT2D eigenvalue weighted by molar-refractivity contribution is -0.127. The number of nitrogens with one attached hydrogen (secondary N) is 2. The molecule has 0 radical (unpaired) electrons. The SMILES string of the molecule is C#CCOc1c(Cl)cc(/C=C2/NC(=O)N(CC(=O)Nc3ccccc3CC)C2=O)cc1OCC. The van der Waals surface area contributed by atoms with Crippen LogP contribution in [0.4, 0.5) is 10.5 Å². The average Bonchev–Trinajstić information content (AvgIpc) is 3.06. The number of urea groups is 1. The number of carbonyl (C=O) groups excluding carboxylic acids is 3. The fourth-order valence-corrected chi connectivity index (χ4v) is 3.63. The molecule has 0 saturated carbocycles. The van der Waals surface area contributed by atoms with Gasteiger partial charge in [-0.3, -0.25) is 9.59 Å². The molecule has 1 aliphatic heterocycles. The molecule has 8 nitrogen and oxygen atoms in total. The number of amides is 4. The summed E-state index contributed by atoms with van der Waals surface area (Å²) in [7, 11) is 0. The number of benzene rings is 2. The van der Waals surface area contributed by atoms with Crippen LogP contribution in [0.3, 0.4) is 0 Å². The number of halogens is 1. The smallest absolute Gasteiger partial charge is 0.329 e. The molecule has 9 heteroatoms. The Morgan fingerprint density at radius 1 is 1.24 bits per heavy atom. The Kier molecular flexibility index (Phi) is 8.17. The minimum atomic E-state index is -0.694. The number of rotatable bonds is 9. The number of terminal acetylenes is 1. The van der Waals surface area contributed by atoms with Gasteiger partial charge in [-0.05, 0) is 48.7 Å². The maximum Gasteiger partial charge on any atom is 0.329 e. The fraction of sp³-hybridized carbons (Fsp3) is 0.240. The number of aryl methyl sites for hydroxylation is 1. The molecule has 0 aliphatic carbocycles. The van der Waals surface area contributed by atoms with Gasteiger partial charge in [0.15, 0.2) is 11.5 Å². The zero-order valence-corrected chi connectivity index (χ0v) is 19.6. The maximum absolute atomic E-state index is 12.8. The molecule has 1 fully saturated rings. The number of carbonyl (C=O) groups is 3. The number of imide groups is 1. The molecule has 0 aromatic heterocycles. The molecule has 0 bridgehead atoms. The van der Waals surface area contributed by atoms with Crippen LogP contribution in [0.1, 0.15) is 25.0 Å². The van der Waals surface area contributed by atoms with Crippen LogP contribution in [0.2, 0.25) is 5.02 Å². The number of hydrogen-bond donors (Lipinski definition) is 2. The van der Waals surface area contributed by atoms with E-state index in [9.17, 15) is 14.4 Å². The Hall–Kier alpha value is -3.96. The Bertz CT molecular complexity index is 1190. The Labute approximate surface area is 202 Å². The predicted molar refractivity (Wildman–Crippen MR) is 130 cm³/mol. The van der Waals surface area contributed by atoms with Crippen molar-refractivity contribution < 1.29 is 23.9 Å². The molecule has 176 valence electrons. The van der Waals surface area contributed by atoms with Gasteiger partial charge in [0.25, 0.3) is 5.91 Å². The Balaban J connectivity index is 1.78. The second kappa shape index (κ2) is 11.3. The summed E-state index contributed by atoms with van der Waals surface area (Å²) < 4.78 is 11.0. The van der Waals surface area contributed by atoms with Crippen LogP contribution in [0.5, 0.6) is 11.5 Å². The summed E-state index contributed by atoms with van der Waals surface area (Å²) in [5, 5.41) is 5.47. The monoisotopic (exact) mass is 481 g/mol. The van der Waals surface area contributed by atoms with Crippen molar-refractivity contribution in [3.63, 3.8) is 0 Å². The van der Waals surface area contributed by atoms with Gasteiger partial charge in [0.2, 0.25) is 5.91 Å². The molecule has 2 N–H and O–H groups in total. The highest BCUT2D eigenvalue weighted by Gasteiger charge is 2.35. The van der Waals surface area contributed by atoms with Gasteiger partial charge in [0.1, 0.15) is 18.8 Å². The van der Waals surface area contributed by atoms with Crippen molar-refractivity contribution in [2.24, 2.45) is 0 Å². The van der Waals surface area contributed by atoms with E-state index in [0.717, 1.165) is 16.9 Å². The van der Waals surface area contributed by atoms with Gasteiger partial charge < -0.3 is 20.1 Å². The van der Waals surface area contributed by atoms with Crippen molar-refractivity contribution >= 4 is 41.2 Å². The first kappa shape index (κ1) is 24.7. The van der Waals surface area contributed by atoms with E-state index < -0.39 is 24.4 Å². The standard InChI is InChI=1S/C25H24ClN3O5/c1-4-11-34-23-18(26)12-16(14-21(23)33-6-3)13-20-24(31)29(25(32)28-20)15-22(30)27-19-10-8-7-9-17(19)5-2/h1,7-10,12-14H,5-6,11,15H2,2-3H3,(H,27,30)(H,28,32)/b20-13+. The van der Waals surface area contributed by atoms with Gasteiger partial charge in [0, 0.05) is 5.69 Å². The van der Waals surface area contributed by atoms with Crippen LogP contribution in [0.25, 0.3) is 6.08 Å². The molecule has 0 spiro atoms. The third-order valence-electron chi connectivity index (χ3n) is 4.88. The van der Waals surface area contributed by atoms with Crippen LogP contribution >= 0.6 is 11.6 Å². The van der Waals surface area contributed by atoms with Crippen LogP contribution < -0.4 is 20.1 Å². The molecular weight excluding hydrogens is 458 g/mol. The summed E-state index contributed by atoms with van der Waals surface area (Å²) in [6.45, 7) is 3.70. The summed E-state index contributed by atoms with van der Waals surface area (Å²) in [4.78, 5) is 38.6. The molecular formula is C25H24ClN3O5. The molecule has 0 atom stereocenters. The molecule has 2 aromatic carbocycles. The van der Waals surface area contributed by atoms with Gasteiger partial charge in [-0.15, -0.1) is 6.42 Å². The van der Waals surface area contributed by atoms with Crippen molar-refractivity contribution in [3.05, 3.63) is 58.2 Å². The highest BCUT2D eigenvalue weighted by molar-refractivity contribution is 6.32. The van der Waals surface area contributed by atoms with Crippen LogP contribution in [-0.4, -0.2) is 42.5 Å². The van der Waals surface area contributed by atoms with E-state index in [1.807, 2.05) is 19.1 Å². The third kappa shape index (κ3) is 5.69. The number of ether oxygens (including phenoxy) is 2. The van der Waals surface area contributed by atoms with E-state index >= 15 is 0 Å². The number of anilines is 1. The van der Waals surface area contributed by atoms with Gasteiger partial charge in [-0.2, -0.15) is 0 Å². The van der Waals surface area contributed by atoms with Crippen molar-refractivity contribution in [1.29, 1.82) is 0 Å². The van der Waals surface area contributed by atoms with Gasteiger partial charge in [-0.25, -0.2) is 9.69 Å². The molecule has 1 saturated heterocycles. The van der Waals surface area contributed by atoms with Gasteiger partial charge >= 0.3 is 6.03 Å². The number of hydrogen-bond acceptors (Lipinski definition) is 5. The lowest BCUT2D eigenvalue weighted by atomic mass is 10.1. The third-order valence-corrected chi connectivity index (χ3v) is 5.16. The first-order chi connectivity index (χ1) is 16.4. The van der Waals surface area contributed by atoms with Crippen molar-refractivity contribution in [2.75, 3.05) is 25.1 Å². The first-order valence-electron chi connectivity index (χ1n) is 10.6. The molecule has 3 rings (SSSR count). The summed E-state index contributed by atoms with van der Waals surface area (Å²) in [6.07, 6.45) is 7.42. The van der Waals surface area contributed by atoms with Crippen molar-refractivity contribution in [1.82, 2.24) is 10.2 Å². The Morgan fingerprint density at radius 3 is 2.71 bits per heavy atom. The van der Waals surface area contributed by atoms with Crippen LogP contribution in [0, 0.1) is 12.3 Å². The number of para-hydroxylation sites is 1. The first-order valence-corrected chi connectivity index (χ1v) is 11.0. The topological polar surface area (TPSA) is 97.0 Å². The van der Waals surface area contributed by atoms with Gasteiger partial charge in [0.05, 0.1) is 11.6 Å². The highest BCUT2D eigenvalue weighted by Crippen LogP contribution is 2.37. The second-order valence-corrected chi connectivity index (χ2v) is 7.60. The summed E-state index contributed by atoms with van der Waals surface area (Å²) >= 11 is 6.32. The Morgan fingerprint density at radius 2 is 2.00 bits per heavy atom. The van der Waals surface area contributed by atoms with E-state index in [1.54, 1.807) is 31.2 Å².